The highest BCUT2D eigenvalue weighted by Crippen LogP contribution is 2.21. The maximum Gasteiger partial charge on any atom is 0.255 e. The number of phenols is 1. The fourth-order valence-electron chi connectivity index (χ4n) is 1.62. The van der Waals surface area contributed by atoms with E-state index in [1.165, 1.54) is 42.5 Å². The molecule has 7 nitrogen and oxygen atoms in total. The van der Waals surface area contributed by atoms with E-state index in [9.17, 15) is 18.3 Å². The summed E-state index contributed by atoms with van der Waals surface area (Å²) >= 11 is 0. The first-order valence-corrected chi connectivity index (χ1v) is 7.35. The first-order chi connectivity index (χ1) is 9.77. The Morgan fingerprint density at radius 2 is 1.71 bits per heavy atom. The summed E-state index contributed by atoms with van der Waals surface area (Å²) in [5.74, 6) is -0.652. The predicted molar refractivity (Wildman–Crippen MR) is 78.3 cm³/mol. The molecule has 1 amide bonds. The van der Waals surface area contributed by atoms with Gasteiger partial charge in [0.25, 0.3) is 5.91 Å². The molecule has 0 aliphatic carbocycles. The van der Waals surface area contributed by atoms with Crippen LogP contribution in [-0.4, -0.2) is 19.4 Å². The molecule has 0 radical (unpaired) electrons. The highest BCUT2D eigenvalue weighted by molar-refractivity contribution is 7.89. The first-order valence-electron chi connectivity index (χ1n) is 5.80. The molecule has 0 aliphatic heterocycles. The smallest absolute Gasteiger partial charge is 0.255 e. The highest BCUT2D eigenvalue weighted by atomic mass is 32.2. The van der Waals surface area contributed by atoms with Gasteiger partial charge >= 0.3 is 0 Å². The Balaban J connectivity index is 2.18. The van der Waals surface area contributed by atoms with E-state index in [-0.39, 0.29) is 21.9 Å². The summed E-state index contributed by atoms with van der Waals surface area (Å²) < 4.78 is 22.2. The Kier molecular flexibility index (Phi) is 3.83. The topological polar surface area (TPSA) is 136 Å². The number of nitrogens with one attached hydrogen (secondary N) is 1. The van der Waals surface area contributed by atoms with Gasteiger partial charge in [-0.1, -0.05) is 0 Å². The molecule has 0 fully saturated rings. The summed E-state index contributed by atoms with van der Waals surface area (Å²) in [6, 6.07) is 9.50. The number of carbonyl (C=O) groups excluding carboxylic acids is 1. The lowest BCUT2D eigenvalue weighted by Crippen LogP contribution is -2.14. The summed E-state index contributed by atoms with van der Waals surface area (Å²) in [6.07, 6.45) is 0. The van der Waals surface area contributed by atoms with Crippen LogP contribution in [0.1, 0.15) is 10.4 Å². The Morgan fingerprint density at radius 1 is 1.10 bits per heavy atom. The molecule has 6 N–H and O–H groups in total. The van der Waals surface area contributed by atoms with Crippen molar-refractivity contribution in [3.63, 3.8) is 0 Å². The average Bonchev–Trinajstić information content (AvgIpc) is 2.41. The van der Waals surface area contributed by atoms with Gasteiger partial charge in [-0.15, -0.1) is 0 Å². The van der Waals surface area contributed by atoms with Gasteiger partial charge in [0, 0.05) is 11.3 Å². The molecule has 0 aromatic heterocycles. The van der Waals surface area contributed by atoms with E-state index < -0.39 is 15.9 Å². The number of anilines is 2. The van der Waals surface area contributed by atoms with Gasteiger partial charge in [-0.05, 0) is 42.5 Å². The molecule has 0 spiro atoms. The number of benzene rings is 2. The van der Waals surface area contributed by atoms with Crippen LogP contribution in [0.4, 0.5) is 11.4 Å². The van der Waals surface area contributed by atoms with Crippen LogP contribution in [0.5, 0.6) is 5.75 Å². The number of sulfonamides is 1. The molecule has 0 heterocycles. The van der Waals surface area contributed by atoms with Crippen molar-refractivity contribution in [1.29, 1.82) is 0 Å². The summed E-state index contributed by atoms with van der Waals surface area (Å²) in [4.78, 5) is 11.9. The number of nitrogens with two attached hydrogens (primary N) is 2. The number of primary sulfonamides is 1. The molecular weight excluding hydrogens is 294 g/mol. The Bertz CT molecular complexity index is 786. The largest absolute Gasteiger partial charge is 0.506 e. The SMILES string of the molecule is Nc1ccc(C(=O)Nc2ccc(S(N)(=O)=O)cc2)cc1O. The van der Waals surface area contributed by atoms with E-state index in [2.05, 4.69) is 5.32 Å². The van der Waals surface area contributed by atoms with Crippen LogP contribution < -0.4 is 16.2 Å². The first kappa shape index (κ1) is 14.8. The van der Waals surface area contributed by atoms with Crippen molar-refractivity contribution < 1.29 is 18.3 Å². The van der Waals surface area contributed by atoms with Gasteiger partial charge in [-0.3, -0.25) is 4.79 Å². The zero-order chi connectivity index (χ0) is 15.6. The van der Waals surface area contributed by atoms with Gasteiger partial charge in [0.1, 0.15) is 5.75 Å². The Morgan fingerprint density at radius 3 is 2.24 bits per heavy atom. The number of amides is 1. The van der Waals surface area contributed by atoms with Crippen molar-refractivity contribution in [3.05, 3.63) is 48.0 Å². The number of nitrogen functional groups attached to an aromatic ring is 1. The van der Waals surface area contributed by atoms with Gasteiger partial charge in [-0.2, -0.15) is 0 Å². The molecule has 0 saturated heterocycles. The number of rotatable bonds is 3. The molecule has 0 bridgehead atoms. The standard InChI is InChI=1S/C13H13N3O4S/c14-11-6-1-8(7-12(11)17)13(18)16-9-2-4-10(5-3-9)21(15,19)20/h1-7,17H,14H2,(H,16,18)(H2,15,19,20). The minimum absolute atomic E-state index is 0.0503. The second-order valence-corrected chi connectivity index (χ2v) is 5.86. The van der Waals surface area contributed by atoms with Crippen LogP contribution >= 0.6 is 0 Å². The monoisotopic (exact) mass is 307 g/mol. The molecule has 2 rings (SSSR count). The minimum Gasteiger partial charge on any atom is -0.506 e. The van der Waals surface area contributed by atoms with E-state index in [1.54, 1.807) is 0 Å². The van der Waals surface area contributed by atoms with Crippen molar-refractivity contribution in [2.75, 3.05) is 11.1 Å². The van der Waals surface area contributed by atoms with E-state index in [4.69, 9.17) is 10.9 Å². The number of carbonyl (C=O) groups is 1. The number of hydrogen-bond donors (Lipinski definition) is 4. The molecular formula is C13H13N3O4S. The van der Waals surface area contributed by atoms with Gasteiger partial charge in [0.15, 0.2) is 0 Å². The molecule has 2 aromatic rings. The van der Waals surface area contributed by atoms with Crippen LogP contribution in [-0.2, 0) is 10.0 Å². The zero-order valence-corrected chi connectivity index (χ0v) is 11.6. The molecule has 8 heteroatoms. The van der Waals surface area contributed by atoms with Crippen molar-refractivity contribution >= 4 is 27.3 Å². The second kappa shape index (κ2) is 5.43. The maximum atomic E-state index is 12.0. The minimum atomic E-state index is -3.77. The zero-order valence-electron chi connectivity index (χ0n) is 10.8. The fraction of sp³-hybridized carbons (Fsp3) is 0. The van der Waals surface area contributed by atoms with Crippen LogP contribution in [0, 0.1) is 0 Å². The van der Waals surface area contributed by atoms with Gasteiger partial charge < -0.3 is 16.2 Å². The van der Waals surface area contributed by atoms with Crippen LogP contribution in [0.15, 0.2) is 47.4 Å². The van der Waals surface area contributed by atoms with Crippen LogP contribution in [0.2, 0.25) is 0 Å². The molecule has 21 heavy (non-hydrogen) atoms. The number of hydrogen-bond acceptors (Lipinski definition) is 5. The molecule has 2 aromatic carbocycles. The molecule has 0 aliphatic rings. The number of phenolic OH excluding ortho intramolecular Hbond substituents is 1. The van der Waals surface area contributed by atoms with E-state index in [1.807, 2.05) is 0 Å². The summed E-state index contributed by atoms with van der Waals surface area (Å²) in [6.45, 7) is 0. The second-order valence-electron chi connectivity index (χ2n) is 4.30. The van der Waals surface area contributed by atoms with E-state index in [0.717, 1.165) is 0 Å². The van der Waals surface area contributed by atoms with Crippen LogP contribution in [0.25, 0.3) is 0 Å². The van der Waals surface area contributed by atoms with Crippen molar-refractivity contribution in [2.24, 2.45) is 5.14 Å². The average molecular weight is 307 g/mol. The molecule has 110 valence electrons. The summed E-state index contributed by atoms with van der Waals surface area (Å²) in [5.41, 5.74) is 6.23. The van der Waals surface area contributed by atoms with E-state index in [0.29, 0.717) is 5.69 Å². The Labute approximate surface area is 121 Å². The summed E-state index contributed by atoms with van der Waals surface area (Å²) in [7, 11) is -3.77. The molecule has 0 saturated carbocycles. The predicted octanol–water partition coefficient (Wildman–Crippen LogP) is 0.874. The lowest BCUT2D eigenvalue weighted by Gasteiger charge is -2.07. The molecule has 0 atom stereocenters. The van der Waals surface area contributed by atoms with Crippen molar-refractivity contribution in [3.8, 4) is 5.75 Å². The van der Waals surface area contributed by atoms with Gasteiger partial charge in [0.2, 0.25) is 10.0 Å². The van der Waals surface area contributed by atoms with Gasteiger partial charge in [-0.25, -0.2) is 13.6 Å². The maximum absolute atomic E-state index is 12.0. The molecule has 0 unspecified atom stereocenters. The Hall–Kier alpha value is -2.58. The van der Waals surface area contributed by atoms with Crippen LogP contribution in [0.3, 0.4) is 0 Å². The van der Waals surface area contributed by atoms with Crippen molar-refractivity contribution in [2.45, 2.75) is 4.90 Å². The lowest BCUT2D eigenvalue weighted by molar-refractivity contribution is 0.102. The lowest BCUT2D eigenvalue weighted by atomic mass is 10.1. The van der Waals surface area contributed by atoms with Crippen molar-refractivity contribution in [1.82, 2.24) is 0 Å². The summed E-state index contributed by atoms with van der Waals surface area (Å²) in [5, 5.41) is 17.0. The number of aromatic hydroxyl groups is 1. The normalized spacial score (nSPS) is 11.1. The van der Waals surface area contributed by atoms with E-state index >= 15 is 0 Å². The fourth-order valence-corrected chi connectivity index (χ4v) is 2.13. The highest BCUT2D eigenvalue weighted by Gasteiger charge is 2.10. The third kappa shape index (κ3) is 3.50. The van der Waals surface area contributed by atoms with Gasteiger partial charge in [0.05, 0.1) is 10.6 Å². The quantitative estimate of drug-likeness (QED) is 0.493. The third-order valence-electron chi connectivity index (χ3n) is 2.73. The third-order valence-corrected chi connectivity index (χ3v) is 3.66.